The highest BCUT2D eigenvalue weighted by atomic mass is 15.2. The fourth-order valence-electron chi connectivity index (χ4n) is 4.16. The average Bonchev–Trinajstić information content (AvgIpc) is 3.13. The van der Waals surface area contributed by atoms with Crippen LogP contribution in [0.25, 0.3) is 0 Å². The quantitative estimate of drug-likeness (QED) is 0.900. The van der Waals surface area contributed by atoms with E-state index in [1.807, 2.05) is 0 Å². The van der Waals surface area contributed by atoms with Crippen LogP contribution in [0.3, 0.4) is 0 Å². The third-order valence-corrected chi connectivity index (χ3v) is 5.11. The third-order valence-electron chi connectivity index (χ3n) is 5.11. The molecule has 2 aromatic carbocycles. The minimum atomic E-state index is 0.197. The number of hydrogen-bond acceptors (Lipinski definition) is 2. The van der Waals surface area contributed by atoms with Crippen LogP contribution in [0.4, 0.5) is 0 Å². The van der Waals surface area contributed by atoms with Gasteiger partial charge in [0.25, 0.3) is 0 Å². The van der Waals surface area contributed by atoms with Gasteiger partial charge < -0.3 is 5.73 Å². The molecule has 3 unspecified atom stereocenters. The Morgan fingerprint density at radius 1 is 0.857 bits per heavy atom. The van der Waals surface area contributed by atoms with Crippen molar-refractivity contribution in [1.82, 2.24) is 4.90 Å². The van der Waals surface area contributed by atoms with Gasteiger partial charge >= 0.3 is 0 Å². The van der Waals surface area contributed by atoms with Gasteiger partial charge in [0.05, 0.1) is 0 Å². The van der Waals surface area contributed by atoms with Crippen LogP contribution in [-0.4, -0.2) is 11.4 Å². The zero-order chi connectivity index (χ0) is 14.2. The van der Waals surface area contributed by atoms with E-state index in [4.69, 9.17) is 5.73 Å². The molecule has 0 saturated carbocycles. The highest BCUT2D eigenvalue weighted by molar-refractivity contribution is 5.38. The van der Waals surface area contributed by atoms with E-state index in [1.165, 1.54) is 36.1 Å². The SMILES string of the molecule is NC1CC(N2CCCC2c2ccccc2)c2ccccc21. The first kappa shape index (κ1) is 13.1. The summed E-state index contributed by atoms with van der Waals surface area (Å²) >= 11 is 0. The number of rotatable bonds is 2. The third kappa shape index (κ3) is 2.19. The fourth-order valence-corrected chi connectivity index (χ4v) is 4.16. The molecule has 1 heterocycles. The molecule has 2 aromatic rings. The monoisotopic (exact) mass is 278 g/mol. The second-order valence-electron chi connectivity index (χ2n) is 6.29. The van der Waals surface area contributed by atoms with Crippen molar-refractivity contribution >= 4 is 0 Å². The minimum Gasteiger partial charge on any atom is -0.324 e. The van der Waals surface area contributed by atoms with Gasteiger partial charge in [0.15, 0.2) is 0 Å². The summed E-state index contributed by atoms with van der Waals surface area (Å²) in [5, 5.41) is 0. The molecule has 1 fully saturated rings. The maximum absolute atomic E-state index is 6.36. The number of hydrogen-bond donors (Lipinski definition) is 1. The topological polar surface area (TPSA) is 29.3 Å². The number of benzene rings is 2. The van der Waals surface area contributed by atoms with Crippen LogP contribution < -0.4 is 5.73 Å². The molecular formula is C19H22N2. The number of nitrogens with two attached hydrogens (primary N) is 1. The fraction of sp³-hybridized carbons (Fsp3) is 0.368. The van der Waals surface area contributed by atoms with Crippen molar-refractivity contribution in [3.8, 4) is 0 Å². The molecule has 0 spiro atoms. The van der Waals surface area contributed by atoms with Gasteiger partial charge in [-0.1, -0.05) is 54.6 Å². The van der Waals surface area contributed by atoms with E-state index < -0.39 is 0 Å². The second-order valence-corrected chi connectivity index (χ2v) is 6.29. The summed E-state index contributed by atoms with van der Waals surface area (Å²) in [5.74, 6) is 0. The van der Waals surface area contributed by atoms with E-state index in [2.05, 4.69) is 59.5 Å². The lowest BCUT2D eigenvalue weighted by molar-refractivity contribution is 0.176. The summed E-state index contributed by atoms with van der Waals surface area (Å²) in [6.07, 6.45) is 3.61. The van der Waals surface area contributed by atoms with Crippen LogP contribution in [0.15, 0.2) is 54.6 Å². The molecule has 1 aliphatic heterocycles. The zero-order valence-corrected chi connectivity index (χ0v) is 12.3. The summed E-state index contributed by atoms with van der Waals surface area (Å²) < 4.78 is 0. The molecule has 2 nitrogen and oxygen atoms in total. The van der Waals surface area contributed by atoms with Crippen molar-refractivity contribution in [3.63, 3.8) is 0 Å². The van der Waals surface area contributed by atoms with Gasteiger partial charge in [0.1, 0.15) is 0 Å². The smallest absolute Gasteiger partial charge is 0.0375 e. The molecule has 0 amide bonds. The van der Waals surface area contributed by atoms with Gasteiger partial charge in [0.2, 0.25) is 0 Å². The van der Waals surface area contributed by atoms with Crippen LogP contribution >= 0.6 is 0 Å². The second kappa shape index (κ2) is 5.28. The van der Waals surface area contributed by atoms with Crippen molar-refractivity contribution in [1.29, 1.82) is 0 Å². The Kier molecular flexibility index (Phi) is 3.28. The summed E-state index contributed by atoms with van der Waals surface area (Å²) in [7, 11) is 0. The zero-order valence-electron chi connectivity index (χ0n) is 12.3. The normalized spacial score (nSPS) is 28.7. The Balaban J connectivity index is 1.68. The van der Waals surface area contributed by atoms with Crippen molar-refractivity contribution in [2.45, 2.75) is 37.4 Å². The lowest BCUT2D eigenvalue weighted by Crippen LogP contribution is -2.27. The van der Waals surface area contributed by atoms with Crippen LogP contribution in [0.1, 0.15) is 54.1 Å². The largest absolute Gasteiger partial charge is 0.324 e. The number of fused-ring (bicyclic) bond motifs is 1. The standard InChI is InChI=1S/C19H22N2/c20-17-13-19(16-10-5-4-9-15(16)17)21-12-6-11-18(21)14-7-2-1-3-8-14/h1-5,7-10,17-19H,6,11-13,20H2. The van der Waals surface area contributed by atoms with E-state index in [-0.39, 0.29) is 6.04 Å². The van der Waals surface area contributed by atoms with E-state index in [9.17, 15) is 0 Å². The summed E-state index contributed by atoms with van der Waals surface area (Å²) in [6, 6.07) is 20.9. The van der Waals surface area contributed by atoms with Gasteiger partial charge in [-0.15, -0.1) is 0 Å². The molecule has 2 heteroatoms. The summed E-state index contributed by atoms with van der Waals surface area (Å²) in [6.45, 7) is 1.19. The first-order valence-electron chi connectivity index (χ1n) is 7.99. The van der Waals surface area contributed by atoms with Gasteiger partial charge in [-0.25, -0.2) is 0 Å². The van der Waals surface area contributed by atoms with E-state index in [0.717, 1.165) is 6.42 Å². The molecule has 108 valence electrons. The lowest BCUT2D eigenvalue weighted by atomic mass is 10.0. The number of likely N-dealkylation sites (tertiary alicyclic amines) is 1. The molecule has 1 saturated heterocycles. The van der Waals surface area contributed by atoms with Crippen molar-refractivity contribution < 1.29 is 0 Å². The Morgan fingerprint density at radius 2 is 1.57 bits per heavy atom. The van der Waals surface area contributed by atoms with Crippen LogP contribution in [0.2, 0.25) is 0 Å². The van der Waals surface area contributed by atoms with Gasteiger partial charge in [-0.2, -0.15) is 0 Å². The highest BCUT2D eigenvalue weighted by Crippen LogP contribution is 2.47. The summed E-state index contributed by atoms with van der Waals surface area (Å²) in [4.78, 5) is 2.68. The Morgan fingerprint density at radius 3 is 2.38 bits per heavy atom. The molecule has 0 aromatic heterocycles. The Bertz CT molecular complexity index is 622. The first-order chi connectivity index (χ1) is 10.3. The first-order valence-corrected chi connectivity index (χ1v) is 7.99. The molecular weight excluding hydrogens is 256 g/mol. The van der Waals surface area contributed by atoms with Gasteiger partial charge in [0, 0.05) is 18.1 Å². The summed E-state index contributed by atoms with van der Waals surface area (Å²) in [5.41, 5.74) is 10.6. The predicted octanol–water partition coefficient (Wildman–Crippen LogP) is 3.97. The Hall–Kier alpha value is -1.64. The molecule has 2 N–H and O–H groups in total. The van der Waals surface area contributed by atoms with E-state index in [0.29, 0.717) is 12.1 Å². The molecule has 3 atom stereocenters. The van der Waals surface area contributed by atoms with Crippen molar-refractivity contribution in [2.24, 2.45) is 5.73 Å². The highest BCUT2D eigenvalue weighted by Gasteiger charge is 2.38. The molecule has 21 heavy (non-hydrogen) atoms. The average molecular weight is 278 g/mol. The molecule has 0 radical (unpaired) electrons. The number of nitrogens with zero attached hydrogens (tertiary/aromatic N) is 1. The molecule has 2 aliphatic rings. The Labute approximate surface area is 126 Å². The van der Waals surface area contributed by atoms with E-state index >= 15 is 0 Å². The molecule has 4 rings (SSSR count). The van der Waals surface area contributed by atoms with E-state index in [1.54, 1.807) is 0 Å². The van der Waals surface area contributed by atoms with Crippen LogP contribution in [-0.2, 0) is 0 Å². The van der Waals surface area contributed by atoms with Crippen molar-refractivity contribution in [3.05, 3.63) is 71.3 Å². The van der Waals surface area contributed by atoms with Crippen LogP contribution in [0, 0.1) is 0 Å². The minimum absolute atomic E-state index is 0.197. The van der Waals surface area contributed by atoms with Gasteiger partial charge in [-0.05, 0) is 42.5 Å². The van der Waals surface area contributed by atoms with Crippen molar-refractivity contribution in [2.75, 3.05) is 6.54 Å². The van der Waals surface area contributed by atoms with Crippen LogP contribution in [0.5, 0.6) is 0 Å². The maximum atomic E-state index is 6.36. The molecule has 1 aliphatic carbocycles. The van der Waals surface area contributed by atoms with Gasteiger partial charge in [-0.3, -0.25) is 4.90 Å². The lowest BCUT2D eigenvalue weighted by Gasteiger charge is -2.31. The predicted molar refractivity (Wildman–Crippen MR) is 85.9 cm³/mol. The molecule has 0 bridgehead atoms. The maximum Gasteiger partial charge on any atom is 0.0375 e.